The standard InChI is InChI=1S/C19H20FN3O2/c1-3-4-12-25-19(24)18-17(22-13-8-10-21-11-9-13)16-14(20)6-5-7-15(16)23(18)2/h5-11H,3-4,12H2,1-2H3,(H,21,22). The summed E-state index contributed by atoms with van der Waals surface area (Å²) in [5.74, 6) is -0.861. The Kier molecular flexibility index (Phi) is 4.97. The van der Waals surface area contributed by atoms with Gasteiger partial charge in [0, 0.05) is 25.1 Å². The second-order valence-corrected chi connectivity index (χ2v) is 5.77. The maximum absolute atomic E-state index is 14.5. The monoisotopic (exact) mass is 341 g/mol. The van der Waals surface area contributed by atoms with E-state index in [1.807, 2.05) is 6.92 Å². The lowest BCUT2D eigenvalue weighted by Gasteiger charge is -2.10. The number of hydrogen-bond acceptors (Lipinski definition) is 4. The Morgan fingerprint density at radius 2 is 2.04 bits per heavy atom. The van der Waals surface area contributed by atoms with Crippen molar-refractivity contribution in [2.75, 3.05) is 11.9 Å². The van der Waals surface area contributed by atoms with E-state index in [9.17, 15) is 9.18 Å². The minimum Gasteiger partial charge on any atom is -0.461 e. The third-order valence-corrected chi connectivity index (χ3v) is 4.05. The van der Waals surface area contributed by atoms with Crippen LogP contribution in [-0.4, -0.2) is 22.1 Å². The summed E-state index contributed by atoms with van der Waals surface area (Å²) in [6, 6.07) is 8.29. The maximum Gasteiger partial charge on any atom is 0.357 e. The molecule has 2 aromatic heterocycles. The molecule has 3 rings (SSSR count). The number of anilines is 2. The summed E-state index contributed by atoms with van der Waals surface area (Å²) in [4.78, 5) is 16.6. The minimum absolute atomic E-state index is 0.299. The number of pyridine rings is 1. The van der Waals surface area contributed by atoms with Crippen molar-refractivity contribution in [2.45, 2.75) is 19.8 Å². The number of hydrogen-bond donors (Lipinski definition) is 1. The van der Waals surface area contributed by atoms with E-state index >= 15 is 0 Å². The van der Waals surface area contributed by atoms with Crippen molar-refractivity contribution in [2.24, 2.45) is 7.05 Å². The number of carbonyl (C=O) groups excluding carboxylic acids is 1. The van der Waals surface area contributed by atoms with Gasteiger partial charge in [0.1, 0.15) is 5.82 Å². The Labute approximate surface area is 145 Å². The maximum atomic E-state index is 14.5. The van der Waals surface area contributed by atoms with Gasteiger partial charge in [0.25, 0.3) is 0 Å². The second-order valence-electron chi connectivity index (χ2n) is 5.77. The number of ether oxygens (including phenoxy) is 1. The highest BCUT2D eigenvalue weighted by atomic mass is 19.1. The molecule has 2 heterocycles. The lowest BCUT2D eigenvalue weighted by molar-refractivity contribution is 0.0490. The van der Waals surface area contributed by atoms with Gasteiger partial charge in [0.2, 0.25) is 0 Å². The van der Waals surface area contributed by atoms with Gasteiger partial charge in [-0.25, -0.2) is 9.18 Å². The third-order valence-electron chi connectivity index (χ3n) is 4.05. The van der Waals surface area contributed by atoms with Crippen LogP contribution in [0.4, 0.5) is 15.8 Å². The molecule has 0 atom stereocenters. The molecule has 0 saturated heterocycles. The fraction of sp³-hybridized carbons (Fsp3) is 0.263. The molecule has 1 N–H and O–H groups in total. The van der Waals surface area contributed by atoms with Gasteiger partial charge in [-0.3, -0.25) is 4.98 Å². The number of halogens is 1. The van der Waals surface area contributed by atoms with Crippen LogP contribution in [0.3, 0.4) is 0 Å². The molecule has 0 aliphatic carbocycles. The van der Waals surface area contributed by atoms with Crippen molar-refractivity contribution >= 4 is 28.2 Å². The predicted molar refractivity (Wildman–Crippen MR) is 95.6 cm³/mol. The molecule has 6 heteroatoms. The van der Waals surface area contributed by atoms with Gasteiger partial charge in [-0.05, 0) is 30.7 Å². The summed E-state index contributed by atoms with van der Waals surface area (Å²) in [6.07, 6.45) is 4.97. The zero-order chi connectivity index (χ0) is 17.8. The number of nitrogens with one attached hydrogen (secondary N) is 1. The fourth-order valence-corrected chi connectivity index (χ4v) is 2.76. The van der Waals surface area contributed by atoms with Crippen molar-refractivity contribution in [1.82, 2.24) is 9.55 Å². The van der Waals surface area contributed by atoms with Crippen molar-refractivity contribution in [3.63, 3.8) is 0 Å². The molecule has 130 valence electrons. The van der Waals surface area contributed by atoms with Crippen molar-refractivity contribution in [1.29, 1.82) is 0 Å². The van der Waals surface area contributed by atoms with Gasteiger partial charge in [0.15, 0.2) is 5.69 Å². The van der Waals surface area contributed by atoms with E-state index in [1.165, 1.54) is 6.07 Å². The van der Waals surface area contributed by atoms with Crippen LogP contribution in [0.1, 0.15) is 30.3 Å². The first-order valence-electron chi connectivity index (χ1n) is 8.24. The molecule has 0 bridgehead atoms. The Morgan fingerprint density at radius 1 is 1.28 bits per heavy atom. The predicted octanol–water partition coefficient (Wildman–Crippen LogP) is 4.41. The minimum atomic E-state index is -0.469. The molecule has 25 heavy (non-hydrogen) atoms. The Morgan fingerprint density at radius 3 is 2.76 bits per heavy atom. The third kappa shape index (κ3) is 3.33. The van der Waals surface area contributed by atoms with Crippen molar-refractivity contribution in [3.05, 3.63) is 54.2 Å². The molecule has 0 aliphatic rings. The first kappa shape index (κ1) is 17.0. The number of nitrogens with zero attached hydrogens (tertiary/aromatic N) is 2. The van der Waals surface area contributed by atoms with E-state index < -0.39 is 11.8 Å². The Balaban J connectivity index is 2.10. The normalized spacial score (nSPS) is 10.8. The highest BCUT2D eigenvalue weighted by molar-refractivity contribution is 6.08. The Bertz CT molecular complexity index is 891. The van der Waals surface area contributed by atoms with Gasteiger partial charge in [0.05, 0.1) is 23.2 Å². The van der Waals surface area contributed by atoms with E-state index in [0.717, 1.165) is 12.8 Å². The molecular weight excluding hydrogens is 321 g/mol. The zero-order valence-corrected chi connectivity index (χ0v) is 14.3. The van der Waals surface area contributed by atoms with E-state index in [1.54, 1.807) is 48.3 Å². The molecular formula is C19H20FN3O2. The molecule has 0 radical (unpaired) electrons. The van der Waals surface area contributed by atoms with Crippen LogP contribution in [-0.2, 0) is 11.8 Å². The number of esters is 1. The first-order valence-corrected chi connectivity index (χ1v) is 8.24. The van der Waals surface area contributed by atoms with E-state index in [-0.39, 0.29) is 0 Å². The number of aromatic nitrogens is 2. The van der Waals surface area contributed by atoms with Gasteiger partial charge in [-0.15, -0.1) is 0 Å². The smallest absolute Gasteiger partial charge is 0.357 e. The molecule has 0 spiro atoms. The lowest BCUT2D eigenvalue weighted by atomic mass is 10.2. The zero-order valence-electron chi connectivity index (χ0n) is 14.3. The average Bonchev–Trinajstić information content (AvgIpc) is 2.89. The van der Waals surface area contributed by atoms with Crippen LogP contribution in [0.15, 0.2) is 42.7 Å². The molecule has 0 amide bonds. The first-order chi connectivity index (χ1) is 12.1. The summed E-state index contributed by atoms with van der Waals surface area (Å²) >= 11 is 0. The topological polar surface area (TPSA) is 56.1 Å². The molecule has 0 aliphatic heterocycles. The molecule has 0 unspecified atom stereocenters. The average molecular weight is 341 g/mol. The largest absolute Gasteiger partial charge is 0.461 e. The number of aryl methyl sites for hydroxylation is 1. The summed E-state index contributed by atoms with van der Waals surface area (Å²) in [5, 5.41) is 3.51. The lowest BCUT2D eigenvalue weighted by Crippen LogP contribution is -2.12. The van der Waals surface area contributed by atoms with E-state index in [2.05, 4.69) is 10.3 Å². The second kappa shape index (κ2) is 7.34. The molecule has 0 saturated carbocycles. The Hall–Kier alpha value is -2.89. The number of unbranched alkanes of at least 4 members (excludes halogenated alkanes) is 1. The summed E-state index contributed by atoms with van der Waals surface area (Å²) in [6.45, 7) is 2.37. The SMILES string of the molecule is CCCCOC(=O)c1c(Nc2ccncc2)c2c(F)cccc2n1C. The van der Waals surface area contributed by atoms with Gasteiger partial charge < -0.3 is 14.6 Å². The van der Waals surface area contributed by atoms with Crippen LogP contribution in [0.2, 0.25) is 0 Å². The van der Waals surface area contributed by atoms with Gasteiger partial charge in [-0.1, -0.05) is 19.4 Å². The van der Waals surface area contributed by atoms with Crippen molar-refractivity contribution < 1.29 is 13.9 Å². The summed E-state index contributed by atoms with van der Waals surface area (Å²) in [5.41, 5.74) is 2.05. The highest BCUT2D eigenvalue weighted by Crippen LogP contribution is 2.35. The quantitative estimate of drug-likeness (QED) is 0.533. The summed E-state index contributed by atoms with van der Waals surface area (Å²) in [7, 11) is 1.73. The number of rotatable bonds is 6. The van der Waals surface area contributed by atoms with Crippen LogP contribution in [0.25, 0.3) is 10.9 Å². The van der Waals surface area contributed by atoms with Gasteiger partial charge in [-0.2, -0.15) is 0 Å². The molecule has 0 fully saturated rings. The molecule has 5 nitrogen and oxygen atoms in total. The fourth-order valence-electron chi connectivity index (χ4n) is 2.76. The number of benzene rings is 1. The van der Waals surface area contributed by atoms with Crippen molar-refractivity contribution in [3.8, 4) is 0 Å². The molecule has 3 aromatic rings. The number of fused-ring (bicyclic) bond motifs is 1. The van der Waals surface area contributed by atoms with Crippen LogP contribution < -0.4 is 5.32 Å². The highest BCUT2D eigenvalue weighted by Gasteiger charge is 2.24. The number of carbonyl (C=O) groups is 1. The van der Waals surface area contributed by atoms with Crippen LogP contribution in [0, 0.1) is 5.82 Å². The van der Waals surface area contributed by atoms with E-state index in [0.29, 0.717) is 34.6 Å². The van der Waals surface area contributed by atoms with Gasteiger partial charge >= 0.3 is 5.97 Å². The molecule has 1 aromatic carbocycles. The van der Waals surface area contributed by atoms with E-state index in [4.69, 9.17) is 4.74 Å². The summed E-state index contributed by atoms with van der Waals surface area (Å²) < 4.78 is 21.5. The van der Waals surface area contributed by atoms with Crippen LogP contribution >= 0.6 is 0 Å². The van der Waals surface area contributed by atoms with Crippen LogP contribution in [0.5, 0.6) is 0 Å².